The van der Waals surface area contributed by atoms with Crippen LogP contribution < -0.4 is 0 Å². The zero-order chi connectivity index (χ0) is 17.2. The van der Waals surface area contributed by atoms with Crippen LogP contribution in [0.4, 0.5) is 0 Å². The molecular formula is C19H25NO3. The number of carboxylic acids is 1. The molecule has 0 amide bonds. The highest BCUT2D eigenvalue weighted by Gasteiger charge is 2.10. The lowest BCUT2D eigenvalue weighted by atomic mass is 10.1. The predicted molar refractivity (Wildman–Crippen MR) is 91.6 cm³/mol. The lowest BCUT2D eigenvalue weighted by Gasteiger charge is -2.01. The van der Waals surface area contributed by atoms with Gasteiger partial charge in [-0.1, -0.05) is 58.0 Å². The van der Waals surface area contributed by atoms with E-state index in [1.165, 1.54) is 5.56 Å². The highest BCUT2D eigenvalue weighted by atomic mass is 16.4. The second-order valence-electron chi connectivity index (χ2n) is 5.06. The van der Waals surface area contributed by atoms with E-state index in [2.05, 4.69) is 42.8 Å². The number of aryl methyl sites for hydroxylation is 1. The average Bonchev–Trinajstić information content (AvgIpc) is 2.98. The number of aliphatic carboxylic acids is 1. The number of carboxylic acid groups (broad SMARTS) is 1. The highest BCUT2D eigenvalue weighted by Crippen LogP contribution is 2.13. The van der Waals surface area contributed by atoms with Gasteiger partial charge in [0.2, 0.25) is 0 Å². The van der Waals surface area contributed by atoms with E-state index >= 15 is 0 Å². The van der Waals surface area contributed by atoms with Crippen molar-refractivity contribution in [3.63, 3.8) is 0 Å². The number of nitrogens with zero attached hydrogens (tertiary/aromatic N) is 1. The van der Waals surface area contributed by atoms with Crippen LogP contribution in [0.5, 0.6) is 0 Å². The summed E-state index contributed by atoms with van der Waals surface area (Å²) in [7, 11) is 0. The Morgan fingerprint density at radius 2 is 1.83 bits per heavy atom. The van der Waals surface area contributed by atoms with E-state index in [4.69, 9.17) is 9.52 Å². The molecule has 0 aliphatic carbocycles. The maximum atomic E-state index is 10.7. The number of carbonyl (C=O) groups is 1. The first kappa shape index (κ1) is 18.7. The van der Waals surface area contributed by atoms with Gasteiger partial charge in [0.1, 0.15) is 6.26 Å². The molecule has 2 aromatic rings. The van der Waals surface area contributed by atoms with Crippen molar-refractivity contribution in [3.05, 3.63) is 65.4 Å². The van der Waals surface area contributed by atoms with Crippen LogP contribution in [-0.2, 0) is 24.1 Å². The van der Waals surface area contributed by atoms with E-state index in [1.807, 2.05) is 13.8 Å². The maximum absolute atomic E-state index is 10.7. The van der Waals surface area contributed by atoms with Crippen LogP contribution in [0.2, 0.25) is 0 Å². The Hall–Kier alpha value is -2.36. The van der Waals surface area contributed by atoms with Gasteiger partial charge in [-0.3, -0.25) is 0 Å². The number of benzene rings is 1. The molecule has 2 rings (SSSR count). The van der Waals surface area contributed by atoms with Crippen molar-refractivity contribution < 1.29 is 14.3 Å². The van der Waals surface area contributed by atoms with E-state index in [0.29, 0.717) is 12.3 Å². The molecule has 4 heteroatoms. The van der Waals surface area contributed by atoms with Gasteiger partial charge in [-0.25, -0.2) is 9.78 Å². The van der Waals surface area contributed by atoms with Gasteiger partial charge in [-0.05, 0) is 17.5 Å². The highest BCUT2D eigenvalue weighted by molar-refractivity contribution is 5.86. The number of rotatable bonds is 7. The van der Waals surface area contributed by atoms with Crippen molar-refractivity contribution in [3.8, 4) is 0 Å². The Kier molecular flexibility index (Phi) is 7.81. The molecule has 0 aliphatic heterocycles. The summed E-state index contributed by atoms with van der Waals surface area (Å²) in [5, 5.41) is 8.79. The maximum Gasteiger partial charge on any atom is 0.331 e. The van der Waals surface area contributed by atoms with Crippen molar-refractivity contribution in [1.29, 1.82) is 0 Å². The van der Waals surface area contributed by atoms with Crippen molar-refractivity contribution in [2.75, 3.05) is 0 Å². The fourth-order valence-corrected chi connectivity index (χ4v) is 2.09. The number of oxazole rings is 1. The molecule has 4 nitrogen and oxygen atoms in total. The number of hydrogen-bond donors (Lipinski definition) is 1. The summed E-state index contributed by atoms with van der Waals surface area (Å²) in [5.74, 6) is -0.638. The molecule has 1 aromatic carbocycles. The van der Waals surface area contributed by atoms with Gasteiger partial charge in [0.05, 0.1) is 12.1 Å². The van der Waals surface area contributed by atoms with E-state index in [-0.39, 0.29) is 12.0 Å². The third kappa shape index (κ3) is 6.10. The van der Waals surface area contributed by atoms with Crippen LogP contribution in [0.15, 0.2) is 47.1 Å². The van der Waals surface area contributed by atoms with Gasteiger partial charge in [-0.15, -0.1) is 0 Å². The molecule has 0 saturated carbocycles. The van der Waals surface area contributed by atoms with Crippen molar-refractivity contribution in [2.45, 2.75) is 46.5 Å². The average molecular weight is 315 g/mol. The third-order valence-corrected chi connectivity index (χ3v) is 3.21. The molecule has 0 radical (unpaired) electrons. The summed E-state index contributed by atoms with van der Waals surface area (Å²) in [5.41, 5.74) is 3.37. The summed E-state index contributed by atoms with van der Waals surface area (Å²) in [6, 6.07) is 8.45. The first-order valence-corrected chi connectivity index (χ1v) is 8.00. The van der Waals surface area contributed by atoms with Crippen LogP contribution in [0.3, 0.4) is 0 Å². The molecular weight excluding hydrogens is 290 g/mol. The molecule has 1 heterocycles. The Bertz CT molecular complexity index is 626. The molecule has 0 saturated heterocycles. The molecule has 1 aromatic heterocycles. The van der Waals surface area contributed by atoms with Crippen LogP contribution in [0.1, 0.15) is 49.9 Å². The molecule has 0 spiro atoms. The lowest BCUT2D eigenvalue weighted by molar-refractivity contribution is -0.132. The molecule has 23 heavy (non-hydrogen) atoms. The summed E-state index contributed by atoms with van der Waals surface area (Å²) in [4.78, 5) is 15.0. The smallest absolute Gasteiger partial charge is 0.331 e. The Morgan fingerprint density at radius 1 is 1.22 bits per heavy atom. The fourth-order valence-electron chi connectivity index (χ4n) is 2.09. The van der Waals surface area contributed by atoms with Gasteiger partial charge >= 0.3 is 5.97 Å². The van der Waals surface area contributed by atoms with Crippen LogP contribution >= 0.6 is 0 Å². The predicted octanol–water partition coefficient (Wildman–Crippen LogP) is 4.43. The molecule has 124 valence electrons. The molecule has 0 unspecified atom stereocenters. The van der Waals surface area contributed by atoms with Gasteiger partial charge in [-0.2, -0.15) is 0 Å². The monoisotopic (exact) mass is 315 g/mol. The molecule has 0 aliphatic rings. The van der Waals surface area contributed by atoms with Crippen LogP contribution in [-0.4, -0.2) is 16.1 Å². The normalized spacial score (nSPS) is 9.87. The van der Waals surface area contributed by atoms with E-state index in [9.17, 15) is 4.79 Å². The van der Waals surface area contributed by atoms with E-state index in [1.54, 1.807) is 6.26 Å². The van der Waals surface area contributed by atoms with Crippen LogP contribution in [0.25, 0.3) is 0 Å². The van der Waals surface area contributed by atoms with Gasteiger partial charge < -0.3 is 9.52 Å². The van der Waals surface area contributed by atoms with E-state index in [0.717, 1.165) is 24.1 Å². The second-order valence-corrected chi connectivity index (χ2v) is 5.06. The van der Waals surface area contributed by atoms with Crippen LogP contribution in [0, 0.1) is 0 Å². The second kappa shape index (κ2) is 9.62. The standard InChI is InChI=1S/C17H19NO3.C2H6/c1-3-4-13-5-7-14(8-6-13)10-15-11-21-16(18-15)9-12(2)17(19)20;1-2/h5-8,11H,2-4,9-10H2,1H3,(H,19,20);1-2H3. The summed E-state index contributed by atoms with van der Waals surface area (Å²) < 4.78 is 5.28. The minimum Gasteiger partial charge on any atom is -0.478 e. The number of hydrogen-bond acceptors (Lipinski definition) is 3. The zero-order valence-electron chi connectivity index (χ0n) is 14.1. The molecule has 0 bridgehead atoms. The minimum atomic E-state index is -1.03. The first-order valence-electron chi connectivity index (χ1n) is 8.00. The Balaban J connectivity index is 0.00000127. The zero-order valence-corrected chi connectivity index (χ0v) is 14.1. The largest absolute Gasteiger partial charge is 0.478 e. The van der Waals surface area contributed by atoms with E-state index < -0.39 is 5.97 Å². The topological polar surface area (TPSA) is 63.3 Å². The quantitative estimate of drug-likeness (QED) is 0.768. The fraction of sp³-hybridized carbons (Fsp3) is 0.368. The molecule has 1 N–H and O–H groups in total. The summed E-state index contributed by atoms with van der Waals surface area (Å²) in [6.07, 6.45) is 4.61. The molecule has 0 fully saturated rings. The Labute approximate surface area is 137 Å². The summed E-state index contributed by atoms with van der Waals surface area (Å²) in [6.45, 7) is 9.63. The van der Waals surface area contributed by atoms with Crippen molar-refractivity contribution >= 4 is 5.97 Å². The van der Waals surface area contributed by atoms with Gasteiger partial charge in [0.25, 0.3) is 0 Å². The minimum absolute atomic E-state index is 0.0762. The van der Waals surface area contributed by atoms with Crippen molar-refractivity contribution in [2.24, 2.45) is 0 Å². The third-order valence-electron chi connectivity index (χ3n) is 3.21. The first-order chi connectivity index (χ1) is 11.1. The van der Waals surface area contributed by atoms with Gasteiger partial charge in [0.15, 0.2) is 5.89 Å². The SMILES string of the molecule is C=C(Cc1nc(Cc2ccc(CCC)cc2)co1)C(=O)O.CC. The van der Waals surface area contributed by atoms with Crippen molar-refractivity contribution in [1.82, 2.24) is 4.98 Å². The molecule has 0 atom stereocenters. The summed E-state index contributed by atoms with van der Waals surface area (Å²) >= 11 is 0. The Morgan fingerprint density at radius 3 is 2.39 bits per heavy atom. The number of aromatic nitrogens is 1. The lowest BCUT2D eigenvalue weighted by Crippen LogP contribution is -2.02. The van der Waals surface area contributed by atoms with Gasteiger partial charge in [0, 0.05) is 12.0 Å².